The Labute approximate surface area is 83.0 Å². The van der Waals surface area contributed by atoms with Gasteiger partial charge in [0, 0.05) is 36.0 Å². The van der Waals surface area contributed by atoms with Crippen molar-refractivity contribution in [1.82, 2.24) is 3.11 Å². The number of fused-ring (bicyclic) bond motifs is 2. The Hall–Kier alpha value is 0.690. The Kier molecular flexibility index (Phi) is 2.42. The Morgan fingerprint density at radius 2 is 1.82 bits per heavy atom. The molecule has 1 nitrogen and oxygen atoms in total. The molecule has 0 aromatic rings. The predicted octanol–water partition coefficient (Wildman–Crippen LogP) is 2.70. The maximum atomic E-state index is 2.49. The first kappa shape index (κ1) is 8.30. The molecule has 2 rings (SSSR count). The molecule has 1 aliphatic carbocycles. The second kappa shape index (κ2) is 3.21. The average Bonchev–Trinajstić information content (AvgIpc) is 2.23. The predicted molar refractivity (Wildman–Crippen MR) is 55.6 cm³/mol. The molecule has 2 bridgehead atoms. The zero-order chi connectivity index (χ0) is 7.84. The van der Waals surface area contributed by atoms with Gasteiger partial charge in [-0.25, -0.2) is 3.11 Å². The summed E-state index contributed by atoms with van der Waals surface area (Å²) in [4.78, 5) is 0. The standard InChI is InChI=1S/C9H16IN/c1-2-9-7-3-4-8(9)6-11(10)5-7/h7-9H,2-6H2,1H3. The van der Waals surface area contributed by atoms with Crippen molar-refractivity contribution in [3.05, 3.63) is 0 Å². The van der Waals surface area contributed by atoms with E-state index in [0.717, 1.165) is 17.8 Å². The monoisotopic (exact) mass is 265 g/mol. The van der Waals surface area contributed by atoms with Gasteiger partial charge in [-0.2, -0.15) is 0 Å². The van der Waals surface area contributed by atoms with Crippen LogP contribution in [-0.2, 0) is 0 Å². The lowest BCUT2D eigenvalue weighted by Crippen LogP contribution is -2.35. The van der Waals surface area contributed by atoms with E-state index in [2.05, 4.69) is 32.9 Å². The lowest BCUT2D eigenvalue weighted by Gasteiger charge is -2.34. The molecule has 0 radical (unpaired) electrons. The first-order valence-corrected chi connectivity index (χ1v) is 5.68. The van der Waals surface area contributed by atoms with Crippen molar-refractivity contribution in [2.24, 2.45) is 17.8 Å². The van der Waals surface area contributed by atoms with Gasteiger partial charge in [0.15, 0.2) is 0 Å². The van der Waals surface area contributed by atoms with Crippen molar-refractivity contribution in [2.75, 3.05) is 13.1 Å². The summed E-state index contributed by atoms with van der Waals surface area (Å²) in [7, 11) is 0. The highest BCUT2D eigenvalue weighted by molar-refractivity contribution is 14.1. The highest BCUT2D eigenvalue weighted by Gasteiger charge is 2.39. The summed E-state index contributed by atoms with van der Waals surface area (Å²) in [6.45, 7) is 5.07. The molecule has 0 amide bonds. The fourth-order valence-corrected chi connectivity index (χ4v) is 3.96. The van der Waals surface area contributed by atoms with Crippen molar-refractivity contribution in [3.8, 4) is 0 Å². The van der Waals surface area contributed by atoms with Gasteiger partial charge in [0.2, 0.25) is 0 Å². The zero-order valence-electron chi connectivity index (χ0n) is 7.09. The highest BCUT2D eigenvalue weighted by Crippen LogP contribution is 2.44. The largest absolute Gasteiger partial charge is 0.247 e. The summed E-state index contributed by atoms with van der Waals surface area (Å²) in [5.41, 5.74) is 0. The maximum absolute atomic E-state index is 2.49. The molecular weight excluding hydrogens is 249 g/mol. The third-order valence-electron chi connectivity index (χ3n) is 3.46. The fourth-order valence-electron chi connectivity index (χ4n) is 2.94. The third kappa shape index (κ3) is 1.44. The molecule has 1 heterocycles. The van der Waals surface area contributed by atoms with E-state index in [-0.39, 0.29) is 0 Å². The van der Waals surface area contributed by atoms with Gasteiger partial charge in [-0.15, -0.1) is 0 Å². The smallest absolute Gasteiger partial charge is 0.0201 e. The number of hydrogen-bond acceptors (Lipinski definition) is 1. The minimum Gasteiger partial charge on any atom is -0.247 e. The molecule has 0 aromatic carbocycles. The number of rotatable bonds is 1. The number of hydrogen-bond donors (Lipinski definition) is 0. The van der Waals surface area contributed by atoms with Crippen LogP contribution in [0.2, 0.25) is 0 Å². The van der Waals surface area contributed by atoms with E-state index < -0.39 is 0 Å². The number of nitrogens with zero attached hydrogens (tertiary/aromatic N) is 1. The molecule has 2 aliphatic rings. The second-order valence-electron chi connectivity index (χ2n) is 4.00. The minimum atomic E-state index is 1.04. The maximum Gasteiger partial charge on any atom is 0.0201 e. The van der Waals surface area contributed by atoms with Gasteiger partial charge in [0.25, 0.3) is 0 Å². The van der Waals surface area contributed by atoms with Gasteiger partial charge in [-0.05, 0) is 30.6 Å². The zero-order valence-corrected chi connectivity index (χ0v) is 9.25. The van der Waals surface area contributed by atoms with E-state index in [1.54, 1.807) is 0 Å². The van der Waals surface area contributed by atoms with Crippen molar-refractivity contribution >= 4 is 22.9 Å². The van der Waals surface area contributed by atoms with Gasteiger partial charge >= 0.3 is 0 Å². The molecular formula is C9H16IN. The lowest BCUT2D eigenvalue weighted by molar-refractivity contribution is 0.191. The molecule has 2 atom stereocenters. The van der Waals surface area contributed by atoms with Crippen LogP contribution in [0, 0.1) is 17.8 Å². The highest BCUT2D eigenvalue weighted by atomic mass is 127. The summed E-state index contributed by atoms with van der Waals surface area (Å²) < 4.78 is 2.49. The van der Waals surface area contributed by atoms with Crippen LogP contribution in [-0.4, -0.2) is 16.2 Å². The molecule has 2 heteroatoms. The first-order chi connectivity index (χ1) is 5.31. The Bertz CT molecular complexity index is 134. The Balaban J connectivity index is 2.06. The molecule has 2 fully saturated rings. The molecule has 1 saturated carbocycles. The van der Waals surface area contributed by atoms with Crippen LogP contribution in [0.15, 0.2) is 0 Å². The Morgan fingerprint density at radius 3 is 2.27 bits per heavy atom. The molecule has 0 N–H and O–H groups in total. The van der Waals surface area contributed by atoms with Crippen LogP contribution in [0.25, 0.3) is 0 Å². The van der Waals surface area contributed by atoms with Gasteiger partial charge in [-0.3, -0.25) is 0 Å². The average molecular weight is 265 g/mol. The van der Waals surface area contributed by atoms with E-state index >= 15 is 0 Å². The molecule has 2 unspecified atom stereocenters. The fraction of sp³-hybridized carbons (Fsp3) is 1.00. The third-order valence-corrected chi connectivity index (χ3v) is 4.24. The van der Waals surface area contributed by atoms with Crippen molar-refractivity contribution in [1.29, 1.82) is 0 Å². The van der Waals surface area contributed by atoms with Crippen LogP contribution < -0.4 is 0 Å². The van der Waals surface area contributed by atoms with Crippen LogP contribution in [0.1, 0.15) is 26.2 Å². The summed E-state index contributed by atoms with van der Waals surface area (Å²) in [5.74, 6) is 3.15. The van der Waals surface area contributed by atoms with E-state index in [1.165, 1.54) is 32.4 Å². The Morgan fingerprint density at radius 1 is 1.27 bits per heavy atom. The van der Waals surface area contributed by atoms with Gasteiger partial charge < -0.3 is 0 Å². The quantitative estimate of drug-likeness (QED) is 0.520. The lowest BCUT2D eigenvalue weighted by atomic mass is 9.84. The van der Waals surface area contributed by atoms with E-state index in [0.29, 0.717) is 0 Å². The summed E-state index contributed by atoms with van der Waals surface area (Å²) in [6, 6.07) is 0. The molecule has 0 spiro atoms. The summed E-state index contributed by atoms with van der Waals surface area (Å²) in [6.07, 6.45) is 4.42. The summed E-state index contributed by atoms with van der Waals surface area (Å²) >= 11 is 2.49. The van der Waals surface area contributed by atoms with Crippen molar-refractivity contribution in [3.63, 3.8) is 0 Å². The normalized spacial score (nSPS) is 44.7. The SMILES string of the molecule is CCC1C2CCC1CN(I)C2. The molecule has 1 saturated heterocycles. The van der Waals surface area contributed by atoms with E-state index in [4.69, 9.17) is 0 Å². The molecule has 64 valence electrons. The first-order valence-electron chi connectivity index (χ1n) is 4.72. The molecule has 11 heavy (non-hydrogen) atoms. The minimum absolute atomic E-state index is 1.04. The van der Waals surface area contributed by atoms with E-state index in [1.807, 2.05) is 0 Å². The van der Waals surface area contributed by atoms with Gasteiger partial charge in [-0.1, -0.05) is 13.3 Å². The van der Waals surface area contributed by atoms with Gasteiger partial charge in [0.1, 0.15) is 0 Å². The number of halogens is 1. The van der Waals surface area contributed by atoms with Crippen LogP contribution in [0.3, 0.4) is 0 Å². The van der Waals surface area contributed by atoms with Crippen molar-refractivity contribution in [2.45, 2.75) is 26.2 Å². The number of piperidine rings is 1. The molecule has 0 aromatic heterocycles. The van der Waals surface area contributed by atoms with Crippen LogP contribution in [0.4, 0.5) is 0 Å². The summed E-state index contributed by atoms with van der Waals surface area (Å²) in [5, 5.41) is 0. The second-order valence-corrected chi connectivity index (χ2v) is 5.36. The molecule has 1 aliphatic heterocycles. The van der Waals surface area contributed by atoms with E-state index in [9.17, 15) is 0 Å². The van der Waals surface area contributed by atoms with Crippen LogP contribution in [0.5, 0.6) is 0 Å². The van der Waals surface area contributed by atoms with Gasteiger partial charge in [0.05, 0.1) is 0 Å². The van der Waals surface area contributed by atoms with Crippen LogP contribution >= 0.6 is 22.9 Å². The van der Waals surface area contributed by atoms with Crippen molar-refractivity contribution < 1.29 is 0 Å². The topological polar surface area (TPSA) is 3.24 Å².